The highest BCUT2D eigenvalue weighted by molar-refractivity contribution is 6.31. The number of nitrogens with two attached hydrogens (primary N) is 1. The van der Waals surface area contributed by atoms with Crippen molar-refractivity contribution in [1.29, 1.82) is 0 Å². The monoisotopic (exact) mass is 304 g/mol. The molecule has 1 heterocycles. The molecule has 1 aliphatic rings. The Kier molecular flexibility index (Phi) is 3.14. The summed E-state index contributed by atoms with van der Waals surface area (Å²) in [5, 5.41) is 0.0662. The summed E-state index contributed by atoms with van der Waals surface area (Å²) in [6.45, 7) is 3.70. The molecule has 0 spiro atoms. The Bertz CT molecular complexity index is 756. The van der Waals surface area contributed by atoms with Crippen molar-refractivity contribution >= 4 is 23.0 Å². The van der Waals surface area contributed by atoms with E-state index in [1.54, 1.807) is 24.3 Å². The van der Waals surface area contributed by atoms with Gasteiger partial charge in [-0.15, -0.1) is 0 Å². The van der Waals surface area contributed by atoms with Gasteiger partial charge >= 0.3 is 0 Å². The molecule has 108 valence electrons. The zero-order valence-electron chi connectivity index (χ0n) is 11.7. The Morgan fingerprint density at radius 3 is 2.67 bits per heavy atom. The van der Waals surface area contributed by atoms with Crippen molar-refractivity contribution < 1.29 is 9.13 Å². The number of nitrogen functional groups attached to an aromatic ring is 1. The standard InChI is InChI=1S/C16H14ClFN2O/c1-16(2)20-15(9-3-6-13(18)12(17)7-9)11-5-4-10(19)8-14(11)21-16/h3-8H,19H2,1-2H3. The summed E-state index contributed by atoms with van der Waals surface area (Å²) < 4.78 is 19.2. The van der Waals surface area contributed by atoms with Gasteiger partial charge in [-0.2, -0.15) is 0 Å². The largest absolute Gasteiger partial charge is 0.466 e. The fourth-order valence-corrected chi connectivity index (χ4v) is 2.48. The van der Waals surface area contributed by atoms with Crippen LogP contribution in [-0.4, -0.2) is 11.4 Å². The van der Waals surface area contributed by atoms with E-state index in [1.165, 1.54) is 6.07 Å². The van der Waals surface area contributed by atoms with Crippen molar-refractivity contribution in [2.45, 2.75) is 19.6 Å². The van der Waals surface area contributed by atoms with Gasteiger partial charge in [0.1, 0.15) is 11.6 Å². The van der Waals surface area contributed by atoms with Gasteiger partial charge in [-0.05, 0) is 44.2 Å². The topological polar surface area (TPSA) is 47.6 Å². The van der Waals surface area contributed by atoms with Crippen molar-refractivity contribution in [1.82, 2.24) is 0 Å². The number of fused-ring (bicyclic) bond motifs is 1. The smallest absolute Gasteiger partial charge is 0.195 e. The molecular weight excluding hydrogens is 291 g/mol. The van der Waals surface area contributed by atoms with Crippen LogP contribution in [-0.2, 0) is 0 Å². The Morgan fingerprint density at radius 1 is 1.19 bits per heavy atom. The zero-order chi connectivity index (χ0) is 15.2. The number of ether oxygens (including phenoxy) is 1. The molecule has 5 heteroatoms. The molecule has 0 bridgehead atoms. The molecule has 2 aromatic rings. The number of nitrogens with zero attached hydrogens (tertiary/aromatic N) is 1. The van der Waals surface area contributed by atoms with Crippen LogP contribution in [0.2, 0.25) is 5.02 Å². The molecule has 0 aliphatic carbocycles. The first kappa shape index (κ1) is 13.9. The van der Waals surface area contributed by atoms with Gasteiger partial charge < -0.3 is 10.5 Å². The number of aliphatic imine (C=N–C) groups is 1. The summed E-state index contributed by atoms with van der Waals surface area (Å²) in [5.41, 5.74) is 7.96. The number of halogens is 2. The van der Waals surface area contributed by atoms with Crippen LogP contribution in [0, 0.1) is 5.82 Å². The Balaban J connectivity index is 2.20. The van der Waals surface area contributed by atoms with Crippen LogP contribution in [0.5, 0.6) is 5.75 Å². The molecule has 0 atom stereocenters. The third-order valence-electron chi connectivity index (χ3n) is 3.19. The fraction of sp³-hybridized carbons (Fsp3) is 0.188. The van der Waals surface area contributed by atoms with E-state index in [0.717, 1.165) is 11.1 Å². The second kappa shape index (κ2) is 4.74. The van der Waals surface area contributed by atoms with E-state index >= 15 is 0 Å². The molecule has 0 amide bonds. The predicted octanol–water partition coefficient (Wildman–Crippen LogP) is 4.03. The number of hydrogen-bond acceptors (Lipinski definition) is 3. The number of benzene rings is 2. The lowest BCUT2D eigenvalue weighted by Gasteiger charge is -2.30. The number of hydrogen-bond donors (Lipinski definition) is 1. The molecule has 0 unspecified atom stereocenters. The molecule has 21 heavy (non-hydrogen) atoms. The van der Waals surface area contributed by atoms with Crippen molar-refractivity contribution in [2.75, 3.05) is 5.73 Å². The minimum absolute atomic E-state index is 0.0662. The molecule has 3 rings (SSSR count). The molecule has 0 radical (unpaired) electrons. The molecule has 2 aromatic carbocycles. The van der Waals surface area contributed by atoms with Crippen LogP contribution >= 0.6 is 11.6 Å². The summed E-state index contributed by atoms with van der Waals surface area (Å²) in [7, 11) is 0. The van der Waals surface area contributed by atoms with E-state index < -0.39 is 11.5 Å². The van der Waals surface area contributed by atoms with E-state index in [-0.39, 0.29) is 5.02 Å². The van der Waals surface area contributed by atoms with Gasteiger partial charge in [0.05, 0.1) is 10.7 Å². The molecule has 0 aromatic heterocycles. The second-order valence-electron chi connectivity index (χ2n) is 5.39. The third-order valence-corrected chi connectivity index (χ3v) is 3.48. The lowest BCUT2D eigenvalue weighted by Crippen LogP contribution is -2.32. The lowest BCUT2D eigenvalue weighted by molar-refractivity contribution is 0.115. The van der Waals surface area contributed by atoms with Crippen LogP contribution in [0.15, 0.2) is 41.4 Å². The summed E-state index contributed by atoms with van der Waals surface area (Å²) in [5.74, 6) is 0.204. The quantitative estimate of drug-likeness (QED) is 0.809. The first-order valence-corrected chi connectivity index (χ1v) is 6.88. The highest BCUT2D eigenvalue weighted by atomic mass is 35.5. The number of anilines is 1. The Hall–Kier alpha value is -2.07. The highest BCUT2D eigenvalue weighted by Crippen LogP contribution is 2.34. The fourth-order valence-electron chi connectivity index (χ4n) is 2.30. The average Bonchev–Trinajstić information content (AvgIpc) is 2.39. The van der Waals surface area contributed by atoms with Gasteiger partial charge in [0.25, 0.3) is 0 Å². The number of rotatable bonds is 1. The van der Waals surface area contributed by atoms with E-state index in [9.17, 15) is 4.39 Å². The maximum atomic E-state index is 13.4. The van der Waals surface area contributed by atoms with Gasteiger partial charge in [0.15, 0.2) is 5.72 Å². The molecule has 0 saturated heterocycles. The van der Waals surface area contributed by atoms with Crippen molar-refractivity contribution in [3.63, 3.8) is 0 Å². The van der Waals surface area contributed by atoms with Crippen LogP contribution in [0.1, 0.15) is 25.0 Å². The van der Waals surface area contributed by atoms with Crippen molar-refractivity contribution in [2.24, 2.45) is 4.99 Å². The summed E-state index contributed by atoms with van der Waals surface area (Å²) in [6.07, 6.45) is 0. The van der Waals surface area contributed by atoms with E-state index in [1.807, 2.05) is 19.9 Å². The highest BCUT2D eigenvalue weighted by Gasteiger charge is 2.29. The molecule has 1 aliphatic heterocycles. The first-order chi connectivity index (χ1) is 9.85. The maximum Gasteiger partial charge on any atom is 0.195 e. The Morgan fingerprint density at radius 2 is 1.95 bits per heavy atom. The summed E-state index contributed by atoms with van der Waals surface area (Å²) in [4.78, 5) is 4.60. The van der Waals surface area contributed by atoms with Crippen molar-refractivity contribution in [3.8, 4) is 5.75 Å². The summed E-state index contributed by atoms with van der Waals surface area (Å²) in [6, 6.07) is 9.94. The van der Waals surface area contributed by atoms with E-state index in [0.29, 0.717) is 17.1 Å². The minimum Gasteiger partial charge on any atom is -0.466 e. The third kappa shape index (κ3) is 2.59. The van der Waals surface area contributed by atoms with Crippen LogP contribution in [0.25, 0.3) is 0 Å². The molecule has 3 nitrogen and oxygen atoms in total. The van der Waals surface area contributed by atoms with Gasteiger partial charge in [0.2, 0.25) is 0 Å². The SMILES string of the molecule is CC1(C)N=C(c2ccc(F)c(Cl)c2)c2ccc(N)cc2O1. The first-order valence-electron chi connectivity index (χ1n) is 6.50. The molecule has 2 N–H and O–H groups in total. The second-order valence-corrected chi connectivity index (χ2v) is 5.80. The average molecular weight is 305 g/mol. The van der Waals surface area contributed by atoms with E-state index in [2.05, 4.69) is 4.99 Å². The lowest BCUT2D eigenvalue weighted by atomic mass is 9.98. The minimum atomic E-state index is -0.725. The maximum absolute atomic E-state index is 13.4. The molecule has 0 saturated carbocycles. The van der Waals surface area contributed by atoms with Crippen molar-refractivity contribution in [3.05, 3.63) is 58.4 Å². The van der Waals surface area contributed by atoms with Gasteiger partial charge in [0, 0.05) is 22.9 Å². The summed E-state index contributed by atoms with van der Waals surface area (Å²) >= 11 is 5.88. The Labute approximate surface area is 127 Å². The zero-order valence-corrected chi connectivity index (χ0v) is 12.4. The van der Waals surface area contributed by atoms with Crippen LogP contribution < -0.4 is 10.5 Å². The predicted molar refractivity (Wildman–Crippen MR) is 82.6 cm³/mol. The van der Waals surface area contributed by atoms with Crippen LogP contribution in [0.4, 0.5) is 10.1 Å². The molecule has 0 fully saturated rings. The van der Waals surface area contributed by atoms with Gasteiger partial charge in [-0.1, -0.05) is 11.6 Å². The van der Waals surface area contributed by atoms with Crippen LogP contribution in [0.3, 0.4) is 0 Å². The molecular formula is C16H14ClFN2O. The van der Waals surface area contributed by atoms with Gasteiger partial charge in [-0.3, -0.25) is 0 Å². The normalized spacial score (nSPS) is 15.9. The van der Waals surface area contributed by atoms with E-state index in [4.69, 9.17) is 22.1 Å². The van der Waals surface area contributed by atoms with Gasteiger partial charge in [-0.25, -0.2) is 9.38 Å².